The van der Waals surface area contributed by atoms with E-state index < -0.39 is 15.6 Å². The number of fused-ring (bicyclic) bond motifs is 1. The van der Waals surface area contributed by atoms with Gasteiger partial charge in [0.15, 0.2) is 0 Å². The Morgan fingerprint density at radius 2 is 1.79 bits per heavy atom. The Morgan fingerprint density at radius 1 is 1.09 bits per heavy atom. The number of aryl methyl sites for hydroxylation is 1. The van der Waals surface area contributed by atoms with Gasteiger partial charge in [-0.1, -0.05) is 54.1 Å². The molecule has 2 atom stereocenters. The van der Waals surface area contributed by atoms with Crippen LogP contribution in [0.5, 0.6) is 5.75 Å². The van der Waals surface area contributed by atoms with Crippen molar-refractivity contribution in [2.45, 2.75) is 49.9 Å². The molecule has 0 aliphatic carbocycles. The van der Waals surface area contributed by atoms with Crippen LogP contribution in [0.2, 0.25) is 0 Å². The predicted molar refractivity (Wildman–Crippen MR) is 130 cm³/mol. The fourth-order valence-corrected chi connectivity index (χ4v) is 4.98. The first-order valence-corrected chi connectivity index (χ1v) is 12.4. The SMILES string of the molecule is Cc1ccc(S(=O)(=O)Nc2ccc3c(c2)OC(C)(C)[C@H](OC(C[NH-])c2ccccc2)C3)cc1. The van der Waals surface area contributed by atoms with Gasteiger partial charge in [-0.2, -0.15) is 0 Å². The molecule has 0 radical (unpaired) electrons. The smallest absolute Gasteiger partial charge is 0.261 e. The molecule has 0 aromatic heterocycles. The van der Waals surface area contributed by atoms with Gasteiger partial charge in [-0.15, -0.1) is 6.54 Å². The van der Waals surface area contributed by atoms with E-state index in [1.165, 1.54) is 0 Å². The van der Waals surface area contributed by atoms with Gasteiger partial charge >= 0.3 is 0 Å². The Hall–Kier alpha value is -2.87. The van der Waals surface area contributed by atoms with Crippen LogP contribution >= 0.6 is 0 Å². The molecule has 0 saturated heterocycles. The molecule has 3 aromatic rings. The minimum atomic E-state index is -3.70. The van der Waals surface area contributed by atoms with Crippen LogP contribution in [0.25, 0.3) is 5.73 Å². The van der Waals surface area contributed by atoms with Crippen LogP contribution in [0.4, 0.5) is 5.69 Å². The van der Waals surface area contributed by atoms with Crippen LogP contribution in [0.3, 0.4) is 0 Å². The molecule has 0 bridgehead atoms. The summed E-state index contributed by atoms with van der Waals surface area (Å²) in [5.41, 5.74) is 10.6. The summed E-state index contributed by atoms with van der Waals surface area (Å²) < 4.78 is 40.8. The molecular formula is C26H29N2O4S-. The van der Waals surface area contributed by atoms with Gasteiger partial charge in [-0.25, -0.2) is 8.42 Å². The number of ether oxygens (including phenoxy) is 2. The maximum absolute atomic E-state index is 12.8. The van der Waals surface area contributed by atoms with E-state index in [1.54, 1.807) is 36.4 Å². The van der Waals surface area contributed by atoms with Gasteiger partial charge < -0.3 is 15.2 Å². The summed E-state index contributed by atoms with van der Waals surface area (Å²) in [5, 5.41) is 0. The molecule has 0 amide bonds. The van der Waals surface area contributed by atoms with Crippen molar-refractivity contribution in [1.82, 2.24) is 0 Å². The fourth-order valence-electron chi connectivity index (χ4n) is 3.93. The Bertz CT molecular complexity index is 1210. The van der Waals surface area contributed by atoms with E-state index >= 15 is 0 Å². The first-order chi connectivity index (χ1) is 15.7. The van der Waals surface area contributed by atoms with Crippen molar-refractivity contribution in [2.75, 3.05) is 11.3 Å². The van der Waals surface area contributed by atoms with E-state index in [2.05, 4.69) is 4.72 Å². The normalized spacial score (nSPS) is 18.1. The van der Waals surface area contributed by atoms with Crippen LogP contribution in [0.1, 0.15) is 36.6 Å². The summed E-state index contributed by atoms with van der Waals surface area (Å²) in [7, 11) is -3.70. The van der Waals surface area contributed by atoms with Crippen LogP contribution in [-0.2, 0) is 21.2 Å². The molecule has 1 aliphatic heterocycles. The lowest BCUT2D eigenvalue weighted by molar-refractivity contribution is -0.112. The van der Waals surface area contributed by atoms with E-state index in [0.717, 1.165) is 16.7 Å². The van der Waals surface area contributed by atoms with Crippen molar-refractivity contribution in [3.63, 3.8) is 0 Å². The first-order valence-electron chi connectivity index (χ1n) is 10.9. The van der Waals surface area contributed by atoms with Crippen molar-refractivity contribution in [1.29, 1.82) is 0 Å². The third kappa shape index (κ3) is 5.21. The number of benzene rings is 3. The molecular weight excluding hydrogens is 436 g/mol. The zero-order chi connectivity index (χ0) is 23.6. The van der Waals surface area contributed by atoms with Crippen LogP contribution < -0.4 is 9.46 Å². The summed E-state index contributed by atoms with van der Waals surface area (Å²) >= 11 is 0. The highest BCUT2D eigenvalue weighted by atomic mass is 32.2. The second-order valence-corrected chi connectivity index (χ2v) is 10.6. The zero-order valence-electron chi connectivity index (χ0n) is 19.0. The Morgan fingerprint density at radius 3 is 2.45 bits per heavy atom. The second-order valence-electron chi connectivity index (χ2n) is 8.88. The molecule has 3 aromatic carbocycles. The highest BCUT2D eigenvalue weighted by molar-refractivity contribution is 7.92. The molecule has 33 heavy (non-hydrogen) atoms. The van der Waals surface area contributed by atoms with Crippen molar-refractivity contribution < 1.29 is 17.9 Å². The second kappa shape index (κ2) is 9.17. The van der Waals surface area contributed by atoms with Crippen LogP contribution in [0, 0.1) is 6.92 Å². The maximum atomic E-state index is 12.8. The van der Waals surface area contributed by atoms with E-state index in [-0.39, 0.29) is 23.6 Å². The maximum Gasteiger partial charge on any atom is 0.261 e. The van der Waals surface area contributed by atoms with E-state index in [4.69, 9.17) is 15.2 Å². The lowest BCUT2D eigenvalue weighted by Crippen LogP contribution is -2.48. The van der Waals surface area contributed by atoms with E-state index in [1.807, 2.05) is 57.2 Å². The molecule has 2 N–H and O–H groups in total. The number of anilines is 1. The van der Waals surface area contributed by atoms with Gasteiger partial charge in [-0.05, 0) is 50.1 Å². The van der Waals surface area contributed by atoms with Gasteiger partial charge in [0, 0.05) is 12.5 Å². The highest BCUT2D eigenvalue weighted by Gasteiger charge is 2.39. The first kappa shape index (κ1) is 23.3. The lowest BCUT2D eigenvalue weighted by Gasteiger charge is -2.42. The summed E-state index contributed by atoms with van der Waals surface area (Å²) in [6.45, 7) is 5.93. The van der Waals surface area contributed by atoms with Crippen LogP contribution in [-0.4, -0.2) is 26.7 Å². The third-order valence-electron chi connectivity index (χ3n) is 5.89. The van der Waals surface area contributed by atoms with Gasteiger partial charge in [-0.3, -0.25) is 4.72 Å². The summed E-state index contributed by atoms with van der Waals surface area (Å²) in [5.74, 6) is 0.631. The largest absolute Gasteiger partial charge is 0.675 e. The number of sulfonamides is 1. The van der Waals surface area contributed by atoms with Crippen molar-refractivity contribution in [3.05, 3.63) is 95.2 Å². The van der Waals surface area contributed by atoms with Gasteiger partial charge in [0.1, 0.15) is 17.5 Å². The van der Waals surface area contributed by atoms with Gasteiger partial charge in [0.25, 0.3) is 10.0 Å². The Balaban J connectivity index is 1.53. The number of hydrogen-bond acceptors (Lipinski definition) is 4. The Kier molecular flexibility index (Phi) is 6.47. The average molecular weight is 466 g/mol. The average Bonchev–Trinajstić information content (AvgIpc) is 2.78. The molecule has 174 valence electrons. The third-order valence-corrected chi connectivity index (χ3v) is 7.29. The molecule has 0 fully saturated rings. The standard InChI is InChI=1S/C26H29N2O4S/c1-18-9-13-22(14-10-18)33(29,30)28-21-12-11-20-15-25(26(2,3)32-23(20)16-21)31-24(17-27)19-7-5-4-6-8-19/h4-14,16,24-25,27-28H,15,17H2,1-3H3/q-1/t24?,25-/m1/s1. The fraction of sp³-hybridized carbons (Fsp3) is 0.308. The van der Waals surface area contributed by atoms with Gasteiger partial charge in [0.2, 0.25) is 0 Å². The van der Waals surface area contributed by atoms with Crippen molar-refractivity contribution in [3.8, 4) is 5.75 Å². The molecule has 0 saturated carbocycles. The minimum absolute atomic E-state index is 0.114. The van der Waals surface area contributed by atoms with Crippen molar-refractivity contribution >= 4 is 15.7 Å². The molecule has 1 unspecified atom stereocenters. The van der Waals surface area contributed by atoms with Crippen molar-refractivity contribution in [2.24, 2.45) is 0 Å². The summed E-state index contributed by atoms with van der Waals surface area (Å²) in [6, 6.07) is 21.8. The number of hydrogen-bond donors (Lipinski definition) is 1. The predicted octanol–water partition coefficient (Wildman–Crippen LogP) is 5.69. The summed E-state index contributed by atoms with van der Waals surface area (Å²) in [4.78, 5) is 0.211. The molecule has 4 rings (SSSR count). The quantitative estimate of drug-likeness (QED) is 0.486. The summed E-state index contributed by atoms with van der Waals surface area (Å²) in [6.07, 6.45) is 0.00768. The number of rotatable bonds is 7. The van der Waals surface area contributed by atoms with E-state index in [0.29, 0.717) is 17.9 Å². The number of nitrogens with one attached hydrogen (secondary N) is 2. The van der Waals surface area contributed by atoms with E-state index in [9.17, 15) is 8.42 Å². The minimum Gasteiger partial charge on any atom is -0.675 e. The molecule has 1 heterocycles. The molecule has 7 heteroatoms. The topological polar surface area (TPSA) is 88.4 Å². The van der Waals surface area contributed by atoms with Crippen LogP contribution in [0.15, 0.2) is 77.7 Å². The zero-order valence-corrected chi connectivity index (χ0v) is 19.9. The monoisotopic (exact) mass is 465 g/mol. The lowest BCUT2D eigenvalue weighted by atomic mass is 9.90. The van der Waals surface area contributed by atoms with Gasteiger partial charge in [0.05, 0.1) is 16.7 Å². The molecule has 0 spiro atoms. The Labute approximate surface area is 195 Å². The molecule has 1 aliphatic rings. The molecule has 6 nitrogen and oxygen atoms in total. The highest BCUT2D eigenvalue weighted by Crippen LogP contribution is 2.38.